The number of hydrogen-bond donors (Lipinski definition) is 2. The average molecular weight is 261 g/mol. The second-order valence-corrected chi connectivity index (χ2v) is 4.57. The first kappa shape index (κ1) is 13.1. The number of nitrogens with one attached hydrogen (secondary N) is 1. The highest BCUT2D eigenvalue weighted by Crippen LogP contribution is 2.23. The van der Waals surface area contributed by atoms with Crippen LogP contribution in [0, 0.1) is 5.92 Å². The van der Waals surface area contributed by atoms with Crippen molar-refractivity contribution >= 4 is 16.8 Å². The monoisotopic (exact) mass is 261 g/mol. The number of primary amides is 1. The molecule has 0 unspecified atom stereocenters. The fourth-order valence-corrected chi connectivity index (χ4v) is 1.85. The first-order valence-corrected chi connectivity index (χ1v) is 5.93. The molecular weight excluding hydrogens is 246 g/mol. The fraction of sp³-hybridized carbons (Fsp3) is 0.308. The lowest BCUT2D eigenvalue weighted by molar-refractivity contribution is -0.126. The number of ether oxygens (including phenoxy) is 1. The second-order valence-electron chi connectivity index (χ2n) is 4.57. The second kappa shape index (κ2) is 5.09. The van der Waals surface area contributed by atoms with Crippen molar-refractivity contribution in [3.05, 3.63) is 34.9 Å². The molecule has 1 aromatic heterocycles. The Bertz CT molecular complexity index is 658. The molecule has 1 amide bonds. The van der Waals surface area contributed by atoms with Crippen LogP contribution in [0.1, 0.15) is 13.8 Å². The number of benzene rings is 1. The van der Waals surface area contributed by atoms with Gasteiger partial charge in [0.15, 0.2) is 6.10 Å². The van der Waals surface area contributed by atoms with E-state index in [0.717, 1.165) is 0 Å². The molecule has 1 aromatic carbocycles. The Hall–Kier alpha value is -2.37. The topological polar surface area (TPSA) is 98.1 Å². The summed E-state index contributed by atoms with van der Waals surface area (Å²) in [6.07, 6.45) is 0.535. The zero-order valence-corrected chi connectivity index (χ0v) is 10.7. The van der Waals surface area contributed by atoms with Gasteiger partial charge < -0.3 is 15.5 Å². The minimum absolute atomic E-state index is 0.0940. The van der Waals surface area contributed by atoms with Crippen LogP contribution in [-0.4, -0.2) is 22.0 Å². The third kappa shape index (κ3) is 2.57. The first-order chi connectivity index (χ1) is 9.00. The highest BCUT2D eigenvalue weighted by atomic mass is 16.5. The highest BCUT2D eigenvalue weighted by molar-refractivity contribution is 5.85. The molecule has 0 aliphatic rings. The summed E-state index contributed by atoms with van der Waals surface area (Å²) in [7, 11) is 0. The number of carbonyl (C=O) groups excluding carboxylic acids is 1. The van der Waals surface area contributed by atoms with Gasteiger partial charge in [-0.05, 0) is 18.1 Å². The van der Waals surface area contributed by atoms with Gasteiger partial charge in [-0.1, -0.05) is 19.9 Å². The molecule has 100 valence electrons. The summed E-state index contributed by atoms with van der Waals surface area (Å²) in [5.74, 6) is -0.347. The van der Waals surface area contributed by atoms with Gasteiger partial charge in [-0.15, -0.1) is 0 Å². The number of H-pyrrole nitrogens is 1. The Morgan fingerprint density at radius 2 is 2.16 bits per heavy atom. The number of amides is 1. The molecule has 0 saturated carbocycles. The van der Waals surface area contributed by atoms with E-state index in [0.29, 0.717) is 16.7 Å². The van der Waals surface area contributed by atoms with Gasteiger partial charge in [0.25, 0.3) is 11.5 Å². The Labute approximate surface area is 109 Å². The van der Waals surface area contributed by atoms with Crippen LogP contribution in [0.5, 0.6) is 5.75 Å². The van der Waals surface area contributed by atoms with Gasteiger partial charge in [-0.3, -0.25) is 9.59 Å². The van der Waals surface area contributed by atoms with E-state index in [1.54, 1.807) is 18.2 Å². The van der Waals surface area contributed by atoms with Crippen LogP contribution in [0.4, 0.5) is 0 Å². The predicted octanol–water partition coefficient (Wildman–Crippen LogP) is 0.812. The minimum atomic E-state index is -0.787. The van der Waals surface area contributed by atoms with Gasteiger partial charge in [0.05, 0.1) is 11.8 Å². The van der Waals surface area contributed by atoms with Gasteiger partial charge in [0.2, 0.25) is 0 Å². The summed E-state index contributed by atoms with van der Waals surface area (Å²) in [4.78, 5) is 29.7. The standard InChI is InChI=1S/C13H15N3O3/c1-7(2)11(12(14)17)19-9-5-3-4-8-10(9)13(18)16-6-15-8/h3-7,11H,1-2H3,(H2,14,17)(H,15,16,18)/t11-/m1/s1. The van der Waals surface area contributed by atoms with E-state index in [4.69, 9.17) is 10.5 Å². The zero-order chi connectivity index (χ0) is 14.0. The average Bonchev–Trinajstić information content (AvgIpc) is 2.35. The van der Waals surface area contributed by atoms with Crippen LogP contribution in [0.3, 0.4) is 0 Å². The van der Waals surface area contributed by atoms with Gasteiger partial charge in [-0.2, -0.15) is 0 Å². The Morgan fingerprint density at radius 1 is 1.42 bits per heavy atom. The lowest BCUT2D eigenvalue weighted by Crippen LogP contribution is -2.38. The number of aromatic amines is 1. The van der Waals surface area contributed by atoms with Gasteiger partial charge in [-0.25, -0.2) is 4.98 Å². The lowest BCUT2D eigenvalue weighted by atomic mass is 10.1. The Kier molecular flexibility index (Phi) is 3.50. The van der Waals surface area contributed by atoms with Crippen molar-refractivity contribution < 1.29 is 9.53 Å². The predicted molar refractivity (Wildman–Crippen MR) is 70.8 cm³/mol. The van der Waals surface area contributed by atoms with Crippen LogP contribution in [-0.2, 0) is 4.79 Å². The van der Waals surface area contributed by atoms with Crippen molar-refractivity contribution in [3.63, 3.8) is 0 Å². The molecule has 0 radical (unpaired) electrons. The molecule has 6 heteroatoms. The maximum Gasteiger partial charge on any atom is 0.262 e. The van der Waals surface area contributed by atoms with E-state index in [9.17, 15) is 9.59 Å². The molecule has 1 heterocycles. The summed E-state index contributed by atoms with van der Waals surface area (Å²) < 4.78 is 5.60. The van der Waals surface area contributed by atoms with Crippen molar-refractivity contribution in [1.82, 2.24) is 9.97 Å². The largest absolute Gasteiger partial charge is 0.479 e. The van der Waals surface area contributed by atoms with Crippen LogP contribution in [0.2, 0.25) is 0 Å². The zero-order valence-electron chi connectivity index (χ0n) is 10.7. The van der Waals surface area contributed by atoms with Crippen molar-refractivity contribution in [2.24, 2.45) is 11.7 Å². The Balaban J connectivity index is 2.51. The number of nitrogens with two attached hydrogens (primary N) is 1. The summed E-state index contributed by atoms with van der Waals surface area (Å²) in [6.45, 7) is 3.64. The van der Waals surface area contributed by atoms with Crippen molar-refractivity contribution in [2.75, 3.05) is 0 Å². The molecular formula is C13H15N3O3. The van der Waals surface area contributed by atoms with Crippen LogP contribution in [0.25, 0.3) is 10.9 Å². The molecule has 0 aliphatic heterocycles. The summed E-state index contributed by atoms with van der Waals surface area (Å²) in [5.41, 5.74) is 5.50. The number of nitrogens with zero attached hydrogens (tertiary/aromatic N) is 1. The SMILES string of the molecule is CC(C)[C@@H](Oc1cccc2nc[nH]c(=O)c12)C(N)=O. The maximum absolute atomic E-state index is 11.8. The van der Waals surface area contributed by atoms with E-state index in [1.807, 2.05) is 13.8 Å². The van der Waals surface area contributed by atoms with E-state index in [1.165, 1.54) is 6.33 Å². The third-order valence-corrected chi connectivity index (χ3v) is 2.77. The molecule has 0 fully saturated rings. The van der Waals surface area contributed by atoms with E-state index >= 15 is 0 Å². The fourth-order valence-electron chi connectivity index (χ4n) is 1.85. The number of aromatic nitrogens is 2. The normalized spacial score (nSPS) is 12.6. The van der Waals surface area contributed by atoms with Crippen LogP contribution < -0.4 is 16.0 Å². The molecule has 0 saturated heterocycles. The summed E-state index contributed by atoms with van der Waals surface area (Å²) >= 11 is 0. The molecule has 1 atom stereocenters. The number of carbonyl (C=O) groups is 1. The minimum Gasteiger partial charge on any atom is -0.479 e. The maximum atomic E-state index is 11.8. The molecule has 0 aliphatic carbocycles. The van der Waals surface area contributed by atoms with E-state index in [2.05, 4.69) is 9.97 Å². The first-order valence-electron chi connectivity index (χ1n) is 5.93. The van der Waals surface area contributed by atoms with Crippen molar-refractivity contribution in [3.8, 4) is 5.75 Å². The van der Waals surface area contributed by atoms with Crippen molar-refractivity contribution in [1.29, 1.82) is 0 Å². The lowest BCUT2D eigenvalue weighted by Gasteiger charge is -2.19. The molecule has 0 bridgehead atoms. The Morgan fingerprint density at radius 3 is 2.79 bits per heavy atom. The number of hydrogen-bond acceptors (Lipinski definition) is 4. The van der Waals surface area contributed by atoms with Crippen LogP contribution in [0.15, 0.2) is 29.3 Å². The quantitative estimate of drug-likeness (QED) is 0.850. The molecule has 6 nitrogen and oxygen atoms in total. The summed E-state index contributed by atoms with van der Waals surface area (Å²) in [6, 6.07) is 5.03. The van der Waals surface area contributed by atoms with E-state index < -0.39 is 12.0 Å². The van der Waals surface area contributed by atoms with Gasteiger partial charge in [0.1, 0.15) is 11.1 Å². The smallest absolute Gasteiger partial charge is 0.262 e. The number of fused-ring (bicyclic) bond motifs is 1. The molecule has 2 aromatic rings. The highest BCUT2D eigenvalue weighted by Gasteiger charge is 2.22. The molecule has 2 rings (SSSR count). The molecule has 19 heavy (non-hydrogen) atoms. The molecule has 3 N–H and O–H groups in total. The van der Waals surface area contributed by atoms with Crippen molar-refractivity contribution in [2.45, 2.75) is 20.0 Å². The molecule has 0 spiro atoms. The summed E-state index contributed by atoms with van der Waals surface area (Å²) in [5, 5.41) is 0.317. The van der Waals surface area contributed by atoms with E-state index in [-0.39, 0.29) is 11.5 Å². The van der Waals surface area contributed by atoms with Gasteiger partial charge in [0, 0.05) is 0 Å². The number of rotatable bonds is 4. The van der Waals surface area contributed by atoms with Gasteiger partial charge >= 0.3 is 0 Å². The third-order valence-electron chi connectivity index (χ3n) is 2.77. The van der Waals surface area contributed by atoms with Crippen LogP contribution >= 0.6 is 0 Å².